The standard InChI is InChI=1S/C23H24Cl2N2O2S/c1-4-11-27(13-17-7-5-6-8-18(17)14-29-16(3)28)23-26-22(15(2)30-23)20-10-9-19(24)12-21(20)25/h5-10,12H,4,11,13-14H2,1-3H3. The molecule has 2 aromatic carbocycles. The third kappa shape index (κ3) is 5.54. The molecule has 158 valence electrons. The average molecular weight is 463 g/mol. The number of hydrogen-bond donors (Lipinski definition) is 0. The van der Waals surface area contributed by atoms with Gasteiger partial charge in [0.05, 0.1) is 10.7 Å². The van der Waals surface area contributed by atoms with Crippen LogP contribution in [0.3, 0.4) is 0 Å². The van der Waals surface area contributed by atoms with E-state index in [1.54, 1.807) is 17.4 Å². The topological polar surface area (TPSA) is 42.4 Å². The summed E-state index contributed by atoms with van der Waals surface area (Å²) < 4.78 is 5.22. The van der Waals surface area contributed by atoms with Crippen LogP contribution in [-0.4, -0.2) is 17.5 Å². The Bertz CT molecular complexity index is 1040. The van der Waals surface area contributed by atoms with E-state index in [-0.39, 0.29) is 12.6 Å². The van der Waals surface area contributed by atoms with E-state index in [9.17, 15) is 4.79 Å². The molecule has 4 nitrogen and oxygen atoms in total. The van der Waals surface area contributed by atoms with Crippen molar-refractivity contribution in [1.82, 2.24) is 4.98 Å². The van der Waals surface area contributed by atoms with Crippen molar-refractivity contribution in [3.8, 4) is 11.3 Å². The van der Waals surface area contributed by atoms with E-state index < -0.39 is 0 Å². The Morgan fingerprint density at radius 3 is 2.57 bits per heavy atom. The zero-order valence-corrected chi connectivity index (χ0v) is 19.6. The van der Waals surface area contributed by atoms with Crippen molar-refractivity contribution in [2.75, 3.05) is 11.4 Å². The Morgan fingerprint density at radius 2 is 1.90 bits per heavy atom. The molecular weight excluding hydrogens is 439 g/mol. The summed E-state index contributed by atoms with van der Waals surface area (Å²) in [6.45, 7) is 7.45. The lowest BCUT2D eigenvalue weighted by Gasteiger charge is -2.23. The molecule has 0 fully saturated rings. The largest absolute Gasteiger partial charge is 0.461 e. The molecule has 0 unspecified atom stereocenters. The molecule has 0 saturated carbocycles. The smallest absolute Gasteiger partial charge is 0.302 e. The first-order chi connectivity index (χ1) is 14.4. The summed E-state index contributed by atoms with van der Waals surface area (Å²) in [5, 5.41) is 2.14. The number of anilines is 1. The second-order valence-electron chi connectivity index (χ2n) is 7.00. The van der Waals surface area contributed by atoms with Gasteiger partial charge >= 0.3 is 5.97 Å². The van der Waals surface area contributed by atoms with Crippen LogP contribution in [0, 0.1) is 6.92 Å². The van der Waals surface area contributed by atoms with Crippen LogP contribution in [0.5, 0.6) is 0 Å². The molecule has 0 saturated heterocycles. The summed E-state index contributed by atoms with van der Waals surface area (Å²) in [6.07, 6.45) is 0.988. The monoisotopic (exact) mass is 462 g/mol. The Kier molecular flexibility index (Phi) is 7.75. The maximum absolute atomic E-state index is 11.2. The number of benzene rings is 2. The number of hydrogen-bond acceptors (Lipinski definition) is 5. The van der Waals surface area contributed by atoms with Crippen molar-refractivity contribution in [2.24, 2.45) is 0 Å². The molecule has 1 aromatic heterocycles. The molecule has 7 heteroatoms. The number of ether oxygens (including phenoxy) is 1. The summed E-state index contributed by atoms with van der Waals surface area (Å²) in [5.74, 6) is -0.282. The molecule has 0 aliphatic rings. The molecule has 0 N–H and O–H groups in total. The predicted octanol–water partition coefficient (Wildman–Crippen LogP) is 6.91. The Morgan fingerprint density at radius 1 is 1.17 bits per heavy atom. The van der Waals surface area contributed by atoms with Crippen molar-refractivity contribution in [1.29, 1.82) is 0 Å². The van der Waals surface area contributed by atoms with E-state index >= 15 is 0 Å². The first kappa shape index (κ1) is 22.6. The fourth-order valence-corrected chi connectivity index (χ4v) is 4.64. The van der Waals surface area contributed by atoms with Gasteiger partial charge in [0.15, 0.2) is 5.13 Å². The lowest BCUT2D eigenvalue weighted by Crippen LogP contribution is -2.24. The summed E-state index contributed by atoms with van der Waals surface area (Å²) in [6, 6.07) is 13.5. The van der Waals surface area contributed by atoms with Crippen molar-refractivity contribution in [2.45, 2.75) is 40.3 Å². The van der Waals surface area contributed by atoms with Crippen LogP contribution in [0.25, 0.3) is 11.3 Å². The lowest BCUT2D eigenvalue weighted by atomic mass is 10.1. The average Bonchev–Trinajstić information content (AvgIpc) is 3.08. The molecule has 0 bridgehead atoms. The van der Waals surface area contributed by atoms with Gasteiger partial charge in [0.2, 0.25) is 0 Å². The SMILES string of the molecule is CCCN(Cc1ccccc1COC(C)=O)c1nc(-c2ccc(Cl)cc2Cl)c(C)s1. The van der Waals surface area contributed by atoms with E-state index in [0.29, 0.717) is 16.6 Å². The number of halogens is 2. The third-order valence-corrected chi connectivity index (χ3v) is 6.23. The van der Waals surface area contributed by atoms with E-state index in [4.69, 9.17) is 32.9 Å². The zero-order valence-electron chi connectivity index (χ0n) is 17.2. The number of carbonyl (C=O) groups excluding carboxylic acids is 1. The van der Waals surface area contributed by atoms with Crippen LogP contribution in [0.4, 0.5) is 5.13 Å². The van der Waals surface area contributed by atoms with E-state index in [1.165, 1.54) is 6.92 Å². The van der Waals surface area contributed by atoms with E-state index in [1.807, 2.05) is 30.3 Å². The quantitative estimate of drug-likeness (QED) is 0.341. The molecule has 0 radical (unpaired) electrons. The van der Waals surface area contributed by atoms with Gasteiger partial charge in [-0.2, -0.15) is 0 Å². The Labute approximate surface area is 191 Å². The van der Waals surface area contributed by atoms with Gasteiger partial charge in [-0.3, -0.25) is 4.79 Å². The highest BCUT2D eigenvalue weighted by atomic mass is 35.5. The van der Waals surface area contributed by atoms with Gasteiger partial charge in [0.25, 0.3) is 0 Å². The van der Waals surface area contributed by atoms with Crippen LogP contribution in [0.2, 0.25) is 10.0 Å². The van der Waals surface area contributed by atoms with Crippen molar-refractivity contribution < 1.29 is 9.53 Å². The number of nitrogens with zero attached hydrogens (tertiary/aromatic N) is 2. The predicted molar refractivity (Wildman–Crippen MR) is 126 cm³/mol. The number of aromatic nitrogens is 1. The van der Waals surface area contributed by atoms with Crippen LogP contribution in [-0.2, 0) is 22.7 Å². The number of carbonyl (C=O) groups is 1. The Hall–Kier alpha value is -2.08. The zero-order chi connectivity index (χ0) is 21.7. The summed E-state index contributed by atoms with van der Waals surface area (Å²) >= 11 is 14.1. The van der Waals surface area contributed by atoms with Crippen molar-refractivity contribution in [3.05, 3.63) is 68.5 Å². The van der Waals surface area contributed by atoms with Crippen LogP contribution >= 0.6 is 34.5 Å². The van der Waals surface area contributed by atoms with Crippen LogP contribution < -0.4 is 4.90 Å². The number of aryl methyl sites for hydroxylation is 1. The number of esters is 1. The second-order valence-corrected chi connectivity index (χ2v) is 9.02. The summed E-state index contributed by atoms with van der Waals surface area (Å²) in [7, 11) is 0. The van der Waals surface area contributed by atoms with Gasteiger partial charge in [-0.05, 0) is 42.7 Å². The van der Waals surface area contributed by atoms with Crippen molar-refractivity contribution in [3.63, 3.8) is 0 Å². The molecular formula is C23H24Cl2N2O2S. The minimum absolute atomic E-state index is 0.272. The van der Waals surface area contributed by atoms with Gasteiger partial charge in [-0.25, -0.2) is 4.98 Å². The molecule has 0 aliphatic heterocycles. The van der Waals surface area contributed by atoms with E-state index in [2.05, 4.69) is 24.8 Å². The molecule has 1 heterocycles. The number of rotatable bonds is 8. The highest BCUT2D eigenvalue weighted by Crippen LogP contribution is 2.37. The number of thiazole rings is 1. The maximum atomic E-state index is 11.2. The minimum atomic E-state index is -0.282. The van der Waals surface area contributed by atoms with Gasteiger partial charge in [-0.15, -0.1) is 11.3 Å². The fourth-order valence-electron chi connectivity index (χ4n) is 3.20. The first-order valence-electron chi connectivity index (χ1n) is 9.77. The third-order valence-electron chi connectivity index (χ3n) is 4.65. The molecule has 30 heavy (non-hydrogen) atoms. The molecule has 3 aromatic rings. The summed E-state index contributed by atoms with van der Waals surface area (Å²) in [4.78, 5) is 19.5. The molecule has 0 amide bonds. The van der Waals surface area contributed by atoms with Crippen LogP contribution in [0.1, 0.15) is 36.3 Å². The van der Waals surface area contributed by atoms with Crippen LogP contribution in [0.15, 0.2) is 42.5 Å². The summed E-state index contributed by atoms with van der Waals surface area (Å²) in [5.41, 5.74) is 3.88. The molecule has 0 aliphatic carbocycles. The minimum Gasteiger partial charge on any atom is -0.461 e. The van der Waals surface area contributed by atoms with Gasteiger partial charge in [0, 0.05) is 35.5 Å². The van der Waals surface area contributed by atoms with Gasteiger partial charge in [-0.1, -0.05) is 54.4 Å². The highest BCUT2D eigenvalue weighted by Gasteiger charge is 2.18. The van der Waals surface area contributed by atoms with Crippen molar-refractivity contribution >= 4 is 45.6 Å². The molecule has 0 atom stereocenters. The highest BCUT2D eigenvalue weighted by molar-refractivity contribution is 7.16. The van der Waals surface area contributed by atoms with E-state index in [0.717, 1.165) is 45.4 Å². The van der Waals surface area contributed by atoms with Gasteiger partial charge < -0.3 is 9.64 Å². The molecule has 0 spiro atoms. The Balaban J connectivity index is 1.90. The van der Waals surface area contributed by atoms with Gasteiger partial charge in [0.1, 0.15) is 6.61 Å². The molecule has 3 rings (SSSR count). The first-order valence-corrected chi connectivity index (χ1v) is 11.3. The lowest BCUT2D eigenvalue weighted by molar-refractivity contribution is -0.142. The maximum Gasteiger partial charge on any atom is 0.302 e. The fraction of sp³-hybridized carbons (Fsp3) is 0.304. The normalized spacial score (nSPS) is 10.8. The second kappa shape index (κ2) is 10.3.